The van der Waals surface area contributed by atoms with Crippen LogP contribution in [0.1, 0.15) is 45.7 Å². The van der Waals surface area contributed by atoms with Crippen molar-refractivity contribution in [2.24, 2.45) is 0 Å². The van der Waals surface area contributed by atoms with Crippen LogP contribution < -0.4 is 15.4 Å². The molecule has 168 valence electrons. The van der Waals surface area contributed by atoms with Crippen molar-refractivity contribution in [3.8, 4) is 5.75 Å². The van der Waals surface area contributed by atoms with Crippen molar-refractivity contribution in [1.29, 1.82) is 0 Å². The molecule has 1 amide bonds. The van der Waals surface area contributed by atoms with Crippen LogP contribution in [0.3, 0.4) is 0 Å². The molecule has 9 heteroatoms. The number of aryl methyl sites for hydroxylation is 2. The SMILES string of the molecule is COc1ccc(C2CC(C(F)(F)F)n3nc(C(=O)Nc4ccc(C)c(C)c4)cc3N2)cc1. The highest BCUT2D eigenvalue weighted by Crippen LogP contribution is 2.43. The topological polar surface area (TPSA) is 68.2 Å². The molecular formula is C23H23F3N4O2. The zero-order valence-corrected chi connectivity index (χ0v) is 17.8. The van der Waals surface area contributed by atoms with Crippen LogP contribution in [0, 0.1) is 13.8 Å². The lowest BCUT2D eigenvalue weighted by Crippen LogP contribution is -2.35. The minimum Gasteiger partial charge on any atom is -0.497 e. The van der Waals surface area contributed by atoms with Crippen molar-refractivity contribution < 1.29 is 22.7 Å². The number of carbonyl (C=O) groups excluding carboxylic acids is 1. The maximum atomic E-state index is 13.9. The molecule has 2 aromatic carbocycles. The Bertz CT molecular complexity index is 1140. The largest absolute Gasteiger partial charge is 0.497 e. The van der Waals surface area contributed by atoms with Gasteiger partial charge in [-0.25, -0.2) is 4.68 Å². The first kappa shape index (κ1) is 21.7. The van der Waals surface area contributed by atoms with Crippen molar-refractivity contribution in [2.75, 3.05) is 17.7 Å². The Kier molecular flexibility index (Phi) is 5.58. The molecule has 32 heavy (non-hydrogen) atoms. The van der Waals surface area contributed by atoms with Gasteiger partial charge in [0.15, 0.2) is 11.7 Å². The zero-order valence-electron chi connectivity index (χ0n) is 17.8. The first-order chi connectivity index (χ1) is 15.2. The molecule has 2 unspecified atom stereocenters. The van der Waals surface area contributed by atoms with Gasteiger partial charge in [0.25, 0.3) is 5.91 Å². The summed E-state index contributed by atoms with van der Waals surface area (Å²) in [6.07, 6.45) is -4.77. The van der Waals surface area contributed by atoms with Gasteiger partial charge in [-0.1, -0.05) is 18.2 Å². The van der Waals surface area contributed by atoms with Gasteiger partial charge in [-0.05, 0) is 54.8 Å². The Morgan fingerprint density at radius 1 is 1.12 bits per heavy atom. The maximum absolute atomic E-state index is 13.9. The van der Waals surface area contributed by atoms with Crippen molar-refractivity contribution in [3.63, 3.8) is 0 Å². The monoisotopic (exact) mass is 444 g/mol. The molecule has 1 aliphatic heterocycles. The molecular weight excluding hydrogens is 421 g/mol. The van der Waals surface area contributed by atoms with E-state index in [0.29, 0.717) is 17.0 Å². The Morgan fingerprint density at radius 3 is 2.47 bits per heavy atom. The number of fused-ring (bicyclic) bond motifs is 1. The van der Waals surface area contributed by atoms with Crippen LogP contribution in [0.2, 0.25) is 0 Å². The average molecular weight is 444 g/mol. The van der Waals surface area contributed by atoms with E-state index in [4.69, 9.17) is 4.74 Å². The Balaban J connectivity index is 1.62. The fraction of sp³-hybridized carbons (Fsp3) is 0.304. The number of methoxy groups -OCH3 is 1. The molecule has 6 nitrogen and oxygen atoms in total. The summed E-state index contributed by atoms with van der Waals surface area (Å²) in [5.41, 5.74) is 3.22. The summed E-state index contributed by atoms with van der Waals surface area (Å²) in [5.74, 6) is 0.191. The van der Waals surface area contributed by atoms with E-state index in [1.807, 2.05) is 19.9 Å². The number of hydrogen-bond donors (Lipinski definition) is 2. The van der Waals surface area contributed by atoms with Gasteiger partial charge in [0.2, 0.25) is 0 Å². The lowest BCUT2D eigenvalue weighted by Gasteiger charge is -2.33. The third-order valence-corrected chi connectivity index (χ3v) is 5.71. The zero-order chi connectivity index (χ0) is 23.0. The lowest BCUT2D eigenvalue weighted by atomic mass is 9.97. The molecule has 4 rings (SSSR count). The van der Waals surface area contributed by atoms with Gasteiger partial charge in [-0.2, -0.15) is 18.3 Å². The second-order valence-corrected chi connectivity index (χ2v) is 7.88. The van der Waals surface area contributed by atoms with Gasteiger partial charge < -0.3 is 15.4 Å². The summed E-state index contributed by atoms with van der Waals surface area (Å²) >= 11 is 0. The van der Waals surface area contributed by atoms with E-state index in [2.05, 4.69) is 15.7 Å². The second-order valence-electron chi connectivity index (χ2n) is 7.88. The van der Waals surface area contributed by atoms with Gasteiger partial charge in [0.05, 0.1) is 13.2 Å². The van der Waals surface area contributed by atoms with E-state index in [0.717, 1.165) is 15.8 Å². The number of rotatable bonds is 4. The highest BCUT2D eigenvalue weighted by atomic mass is 19.4. The van der Waals surface area contributed by atoms with E-state index < -0.39 is 24.2 Å². The van der Waals surface area contributed by atoms with Crippen LogP contribution >= 0.6 is 0 Å². The number of alkyl halides is 3. The first-order valence-corrected chi connectivity index (χ1v) is 10.1. The normalized spacial score (nSPS) is 17.9. The second kappa shape index (κ2) is 8.22. The highest BCUT2D eigenvalue weighted by Gasteiger charge is 2.46. The van der Waals surface area contributed by atoms with Crippen LogP contribution in [-0.4, -0.2) is 29.0 Å². The van der Waals surface area contributed by atoms with Crippen molar-refractivity contribution in [1.82, 2.24) is 9.78 Å². The van der Waals surface area contributed by atoms with E-state index in [1.165, 1.54) is 13.2 Å². The Morgan fingerprint density at radius 2 is 1.84 bits per heavy atom. The molecule has 0 saturated carbocycles. The summed E-state index contributed by atoms with van der Waals surface area (Å²) in [5, 5.41) is 9.79. The van der Waals surface area contributed by atoms with Crippen molar-refractivity contribution >= 4 is 17.4 Å². The van der Waals surface area contributed by atoms with Gasteiger partial charge in [0.1, 0.15) is 11.6 Å². The number of amides is 1. The fourth-order valence-electron chi connectivity index (χ4n) is 3.75. The van der Waals surface area contributed by atoms with Crippen LogP contribution in [0.25, 0.3) is 0 Å². The Hall–Kier alpha value is -3.49. The molecule has 0 radical (unpaired) electrons. The van der Waals surface area contributed by atoms with Gasteiger partial charge in [0, 0.05) is 18.2 Å². The summed E-state index contributed by atoms with van der Waals surface area (Å²) in [4.78, 5) is 12.7. The minimum atomic E-state index is -4.52. The van der Waals surface area contributed by atoms with Gasteiger partial charge in [-0.15, -0.1) is 0 Å². The summed E-state index contributed by atoms with van der Waals surface area (Å²) in [7, 11) is 1.52. The average Bonchev–Trinajstić information content (AvgIpc) is 3.19. The van der Waals surface area contributed by atoms with Gasteiger partial charge in [-0.3, -0.25) is 4.79 Å². The number of hydrogen-bond acceptors (Lipinski definition) is 4. The minimum absolute atomic E-state index is 0.0876. The van der Waals surface area contributed by atoms with Crippen molar-refractivity contribution in [3.05, 3.63) is 70.9 Å². The van der Waals surface area contributed by atoms with E-state index in [1.54, 1.807) is 36.4 Å². The molecule has 1 aromatic heterocycles. The van der Waals surface area contributed by atoms with E-state index in [9.17, 15) is 18.0 Å². The number of benzene rings is 2. The van der Waals surface area contributed by atoms with E-state index >= 15 is 0 Å². The van der Waals surface area contributed by atoms with Gasteiger partial charge >= 0.3 is 6.18 Å². The summed E-state index contributed by atoms with van der Waals surface area (Å²) < 4.78 is 47.6. The third-order valence-electron chi connectivity index (χ3n) is 5.71. The number of ether oxygens (including phenoxy) is 1. The predicted octanol–water partition coefficient (Wildman–Crippen LogP) is 5.42. The molecule has 3 aromatic rings. The van der Waals surface area contributed by atoms with Crippen molar-refractivity contribution in [2.45, 2.75) is 38.5 Å². The molecule has 0 fully saturated rings. The maximum Gasteiger partial charge on any atom is 0.410 e. The number of nitrogens with one attached hydrogen (secondary N) is 2. The van der Waals surface area contributed by atoms with Crippen LogP contribution in [0.15, 0.2) is 48.5 Å². The Labute approximate surface area is 183 Å². The van der Waals surface area contributed by atoms with Crippen LogP contribution in [0.4, 0.5) is 24.7 Å². The molecule has 0 spiro atoms. The fourth-order valence-corrected chi connectivity index (χ4v) is 3.75. The first-order valence-electron chi connectivity index (χ1n) is 10.1. The quantitative estimate of drug-likeness (QED) is 0.564. The van der Waals surface area contributed by atoms with Crippen LogP contribution in [-0.2, 0) is 0 Å². The van der Waals surface area contributed by atoms with Crippen LogP contribution in [0.5, 0.6) is 5.75 Å². The smallest absolute Gasteiger partial charge is 0.410 e. The standard InChI is InChI=1S/C23H23F3N4O2/c1-13-4-7-16(10-14(13)2)27-22(31)19-12-21-28-18(15-5-8-17(32-3)9-6-15)11-20(23(24,25)26)30(21)29-19/h4-10,12,18,20,28H,11H2,1-3H3,(H,27,31). The summed E-state index contributed by atoms with van der Waals surface area (Å²) in [6.45, 7) is 3.87. The number of nitrogens with zero attached hydrogens (tertiary/aromatic N) is 2. The number of anilines is 2. The number of carbonyl (C=O) groups is 1. The highest BCUT2D eigenvalue weighted by molar-refractivity contribution is 6.03. The molecule has 0 aliphatic carbocycles. The number of halogens is 3. The molecule has 0 bridgehead atoms. The summed E-state index contributed by atoms with van der Waals surface area (Å²) in [6, 6.07) is 11.2. The molecule has 2 atom stereocenters. The molecule has 2 N–H and O–H groups in total. The number of aromatic nitrogens is 2. The predicted molar refractivity (Wildman–Crippen MR) is 115 cm³/mol. The molecule has 2 heterocycles. The van der Waals surface area contributed by atoms with E-state index in [-0.39, 0.29) is 17.9 Å². The molecule has 1 aliphatic rings. The third kappa shape index (κ3) is 4.28. The molecule has 0 saturated heterocycles. The lowest BCUT2D eigenvalue weighted by molar-refractivity contribution is -0.173.